The SMILES string of the molecule is CCCCCCCCCCCCCC(=O)NCC(=O)N/N=C\c1ccc(OC(=O)c2ccccc2F)cc1. The van der Waals surface area contributed by atoms with Crippen LogP contribution in [0.4, 0.5) is 4.39 Å². The van der Waals surface area contributed by atoms with Gasteiger partial charge in [-0.2, -0.15) is 5.10 Å². The average Bonchev–Trinajstić information content (AvgIpc) is 2.91. The molecular formula is C30H40FN3O4. The Morgan fingerprint density at radius 2 is 1.42 bits per heavy atom. The topological polar surface area (TPSA) is 96.9 Å². The van der Waals surface area contributed by atoms with Crippen LogP contribution in [-0.2, 0) is 9.59 Å². The fourth-order valence-electron chi connectivity index (χ4n) is 3.85. The van der Waals surface area contributed by atoms with E-state index in [9.17, 15) is 18.8 Å². The number of hydrazone groups is 1. The molecule has 0 unspecified atom stereocenters. The molecule has 0 bridgehead atoms. The number of ether oxygens (including phenoxy) is 1. The number of hydrogen-bond donors (Lipinski definition) is 2. The van der Waals surface area contributed by atoms with Gasteiger partial charge in [0.2, 0.25) is 5.91 Å². The number of amides is 2. The lowest BCUT2D eigenvalue weighted by molar-refractivity contribution is -0.126. The van der Waals surface area contributed by atoms with Gasteiger partial charge in [0, 0.05) is 6.42 Å². The lowest BCUT2D eigenvalue weighted by Crippen LogP contribution is -2.34. The maximum Gasteiger partial charge on any atom is 0.346 e. The molecule has 0 saturated heterocycles. The molecule has 0 spiro atoms. The average molecular weight is 526 g/mol. The maximum atomic E-state index is 13.7. The van der Waals surface area contributed by atoms with Crippen LogP contribution >= 0.6 is 0 Å². The number of rotatable bonds is 18. The third kappa shape index (κ3) is 13.1. The van der Waals surface area contributed by atoms with E-state index in [0.29, 0.717) is 12.0 Å². The number of halogens is 1. The van der Waals surface area contributed by atoms with E-state index in [4.69, 9.17) is 4.74 Å². The van der Waals surface area contributed by atoms with Gasteiger partial charge in [-0.1, -0.05) is 83.3 Å². The first-order valence-corrected chi connectivity index (χ1v) is 13.6. The highest BCUT2D eigenvalue weighted by Gasteiger charge is 2.13. The molecule has 7 nitrogen and oxygen atoms in total. The van der Waals surface area contributed by atoms with E-state index in [-0.39, 0.29) is 23.8 Å². The van der Waals surface area contributed by atoms with Crippen LogP contribution in [0.1, 0.15) is 99.9 Å². The van der Waals surface area contributed by atoms with Crippen LogP contribution in [0.25, 0.3) is 0 Å². The zero-order valence-electron chi connectivity index (χ0n) is 22.3. The quantitative estimate of drug-likeness (QED) is 0.0783. The van der Waals surface area contributed by atoms with Crippen molar-refractivity contribution in [2.45, 2.75) is 84.0 Å². The van der Waals surface area contributed by atoms with E-state index in [0.717, 1.165) is 19.3 Å². The van der Waals surface area contributed by atoms with Crippen LogP contribution in [0.2, 0.25) is 0 Å². The van der Waals surface area contributed by atoms with Crippen molar-refractivity contribution in [1.82, 2.24) is 10.7 Å². The number of benzene rings is 2. The Morgan fingerprint density at radius 3 is 2.05 bits per heavy atom. The molecule has 38 heavy (non-hydrogen) atoms. The first-order valence-electron chi connectivity index (χ1n) is 13.6. The second-order valence-electron chi connectivity index (χ2n) is 9.29. The summed E-state index contributed by atoms with van der Waals surface area (Å²) in [7, 11) is 0. The zero-order valence-corrected chi connectivity index (χ0v) is 22.3. The van der Waals surface area contributed by atoms with E-state index in [1.165, 1.54) is 87.9 Å². The molecule has 2 rings (SSSR count). The zero-order chi connectivity index (χ0) is 27.4. The summed E-state index contributed by atoms with van der Waals surface area (Å²) < 4.78 is 18.9. The van der Waals surface area contributed by atoms with Gasteiger partial charge in [-0.3, -0.25) is 9.59 Å². The van der Waals surface area contributed by atoms with Crippen LogP contribution in [0.5, 0.6) is 5.75 Å². The number of hydrogen-bond acceptors (Lipinski definition) is 5. The van der Waals surface area contributed by atoms with Crippen LogP contribution < -0.4 is 15.5 Å². The minimum Gasteiger partial charge on any atom is -0.423 e. The molecule has 0 aliphatic rings. The number of carbonyl (C=O) groups is 3. The van der Waals surface area contributed by atoms with Gasteiger partial charge in [0.1, 0.15) is 11.6 Å². The van der Waals surface area contributed by atoms with Crippen molar-refractivity contribution in [3.05, 3.63) is 65.5 Å². The number of carbonyl (C=O) groups excluding carboxylic acids is 3. The highest BCUT2D eigenvalue weighted by molar-refractivity contribution is 5.91. The highest BCUT2D eigenvalue weighted by atomic mass is 19.1. The van der Waals surface area contributed by atoms with E-state index < -0.39 is 17.7 Å². The second kappa shape index (κ2) is 18.7. The number of nitrogens with zero attached hydrogens (tertiary/aromatic N) is 1. The van der Waals surface area contributed by atoms with Crippen LogP contribution in [0, 0.1) is 5.82 Å². The predicted molar refractivity (Wildman–Crippen MR) is 148 cm³/mol. The lowest BCUT2D eigenvalue weighted by atomic mass is 10.1. The molecule has 2 aromatic rings. The monoisotopic (exact) mass is 525 g/mol. The van der Waals surface area contributed by atoms with Crippen LogP contribution in [0.3, 0.4) is 0 Å². The van der Waals surface area contributed by atoms with E-state index in [2.05, 4.69) is 22.8 Å². The fraction of sp³-hybridized carbons (Fsp3) is 0.467. The van der Waals surface area contributed by atoms with Crippen molar-refractivity contribution < 1.29 is 23.5 Å². The van der Waals surface area contributed by atoms with Crippen molar-refractivity contribution in [2.24, 2.45) is 5.10 Å². The summed E-state index contributed by atoms with van der Waals surface area (Å²) in [6.07, 6.45) is 15.3. The highest BCUT2D eigenvalue weighted by Crippen LogP contribution is 2.15. The first kappa shape index (κ1) is 30.7. The molecule has 2 N–H and O–H groups in total. The molecule has 0 heterocycles. The normalized spacial score (nSPS) is 10.9. The molecule has 0 fully saturated rings. The molecular weight excluding hydrogens is 485 g/mol. The van der Waals surface area contributed by atoms with Crippen molar-refractivity contribution in [1.29, 1.82) is 0 Å². The molecule has 0 aliphatic heterocycles. The van der Waals surface area contributed by atoms with Gasteiger partial charge in [0.25, 0.3) is 5.91 Å². The fourth-order valence-corrected chi connectivity index (χ4v) is 3.85. The Kier molecular flexibility index (Phi) is 15.1. The van der Waals surface area contributed by atoms with Gasteiger partial charge in [0.15, 0.2) is 0 Å². The Morgan fingerprint density at radius 1 is 0.816 bits per heavy atom. The third-order valence-electron chi connectivity index (χ3n) is 6.04. The lowest BCUT2D eigenvalue weighted by Gasteiger charge is -2.05. The number of esters is 1. The minimum atomic E-state index is -0.790. The summed E-state index contributed by atoms with van der Waals surface area (Å²) in [4.78, 5) is 35.9. The minimum absolute atomic E-state index is 0.138. The van der Waals surface area contributed by atoms with Gasteiger partial charge < -0.3 is 10.1 Å². The summed E-state index contributed by atoms with van der Waals surface area (Å²) in [5, 5.41) is 6.48. The Labute approximate surface area is 225 Å². The Bertz CT molecular complexity index is 1020. The van der Waals surface area contributed by atoms with Crippen molar-refractivity contribution in [2.75, 3.05) is 6.54 Å². The number of nitrogens with one attached hydrogen (secondary N) is 2. The molecule has 8 heteroatoms. The van der Waals surface area contributed by atoms with Gasteiger partial charge in [-0.15, -0.1) is 0 Å². The van der Waals surface area contributed by atoms with Crippen LogP contribution in [0.15, 0.2) is 53.6 Å². The summed E-state index contributed by atoms with van der Waals surface area (Å²) in [5.41, 5.74) is 2.86. The summed E-state index contributed by atoms with van der Waals surface area (Å²) in [5.74, 6) is -1.76. The van der Waals surface area contributed by atoms with Gasteiger partial charge in [0.05, 0.1) is 18.3 Å². The van der Waals surface area contributed by atoms with Crippen LogP contribution in [-0.4, -0.2) is 30.5 Å². The van der Waals surface area contributed by atoms with E-state index in [1.807, 2.05) is 0 Å². The molecule has 2 amide bonds. The largest absolute Gasteiger partial charge is 0.423 e. The molecule has 0 aromatic heterocycles. The predicted octanol–water partition coefficient (Wildman–Crippen LogP) is 6.31. The van der Waals surface area contributed by atoms with Gasteiger partial charge in [-0.05, 0) is 48.4 Å². The smallest absolute Gasteiger partial charge is 0.346 e. The van der Waals surface area contributed by atoms with E-state index >= 15 is 0 Å². The maximum absolute atomic E-state index is 13.7. The van der Waals surface area contributed by atoms with Gasteiger partial charge >= 0.3 is 5.97 Å². The van der Waals surface area contributed by atoms with Crippen molar-refractivity contribution in [3.63, 3.8) is 0 Å². The second-order valence-corrected chi connectivity index (χ2v) is 9.29. The summed E-state index contributed by atoms with van der Waals surface area (Å²) >= 11 is 0. The van der Waals surface area contributed by atoms with Gasteiger partial charge in [-0.25, -0.2) is 14.6 Å². The standard InChI is InChI=1S/C30H40FN3O4/c1-2-3-4-5-6-7-8-9-10-11-12-17-28(35)32-23-29(36)34-33-22-24-18-20-25(21-19-24)38-30(37)26-15-13-14-16-27(26)31/h13-16,18-22H,2-12,17,23H2,1H3,(H,32,35)(H,34,36)/b33-22-. The molecule has 0 atom stereocenters. The van der Waals surface area contributed by atoms with Crippen molar-refractivity contribution in [3.8, 4) is 5.75 Å². The molecule has 0 saturated carbocycles. The summed E-state index contributed by atoms with van der Waals surface area (Å²) in [6, 6.07) is 11.9. The molecule has 206 valence electrons. The number of unbranched alkanes of at least 4 members (excludes halogenated alkanes) is 10. The van der Waals surface area contributed by atoms with Crippen molar-refractivity contribution >= 4 is 24.0 Å². The van der Waals surface area contributed by atoms with E-state index in [1.54, 1.807) is 18.2 Å². The Balaban J connectivity index is 1.54. The first-order chi connectivity index (χ1) is 18.5. The molecule has 0 radical (unpaired) electrons. The molecule has 0 aliphatic carbocycles. The summed E-state index contributed by atoms with van der Waals surface area (Å²) in [6.45, 7) is 2.09. The third-order valence-corrected chi connectivity index (χ3v) is 6.04. The molecule has 2 aromatic carbocycles. The Hall–Kier alpha value is -3.55.